The summed E-state index contributed by atoms with van der Waals surface area (Å²) in [6, 6.07) is 6.63. The van der Waals surface area contributed by atoms with Crippen LogP contribution in [0.1, 0.15) is 30.4 Å². The maximum Gasteiger partial charge on any atom is 0.0732 e. The van der Waals surface area contributed by atoms with Gasteiger partial charge in [-0.1, -0.05) is 30.2 Å². The average molecular weight is 254 g/mol. The van der Waals surface area contributed by atoms with Crippen LogP contribution in [0.2, 0.25) is 5.02 Å². The summed E-state index contributed by atoms with van der Waals surface area (Å²) in [7, 11) is 0. The lowest BCUT2D eigenvalue weighted by molar-refractivity contribution is 0.0912. The number of piperidine rings is 1. The second-order valence-electron chi connectivity index (χ2n) is 4.76. The number of aryl methyl sites for hydroxylation is 1. The van der Waals surface area contributed by atoms with Crippen molar-refractivity contribution in [2.45, 2.75) is 38.8 Å². The van der Waals surface area contributed by atoms with Crippen molar-refractivity contribution >= 4 is 11.6 Å². The van der Waals surface area contributed by atoms with Gasteiger partial charge in [0.1, 0.15) is 0 Å². The molecule has 1 aliphatic rings. The summed E-state index contributed by atoms with van der Waals surface area (Å²) in [5.74, 6) is 0. The smallest absolute Gasteiger partial charge is 0.0732 e. The number of nitrogens with one attached hydrogen (secondary N) is 1. The highest BCUT2D eigenvalue weighted by atomic mass is 35.5. The maximum absolute atomic E-state index is 6.16. The molecule has 0 bridgehead atoms. The molecule has 1 fully saturated rings. The van der Waals surface area contributed by atoms with Gasteiger partial charge in [0.15, 0.2) is 0 Å². The summed E-state index contributed by atoms with van der Waals surface area (Å²) < 4.78 is 5.73. The summed E-state index contributed by atoms with van der Waals surface area (Å²) >= 11 is 6.16. The van der Waals surface area contributed by atoms with Gasteiger partial charge in [0.05, 0.1) is 13.2 Å². The van der Waals surface area contributed by atoms with Crippen LogP contribution in [0.4, 0.5) is 0 Å². The van der Waals surface area contributed by atoms with E-state index in [-0.39, 0.29) is 0 Å². The first-order chi connectivity index (χ1) is 8.25. The van der Waals surface area contributed by atoms with Crippen LogP contribution in [-0.2, 0) is 11.3 Å². The number of benzene rings is 1. The fraction of sp³-hybridized carbons (Fsp3) is 0.571. The first kappa shape index (κ1) is 12.9. The molecule has 1 aliphatic heterocycles. The third-order valence-electron chi connectivity index (χ3n) is 3.20. The molecule has 1 N–H and O–H groups in total. The molecule has 0 spiro atoms. The van der Waals surface area contributed by atoms with E-state index < -0.39 is 0 Å². The van der Waals surface area contributed by atoms with Crippen LogP contribution in [0, 0.1) is 6.92 Å². The molecule has 94 valence electrons. The van der Waals surface area contributed by atoms with Gasteiger partial charge in [-0.05, 0) is 43.5 Å². The summed E-state index contributed by atoms with van der Waals surface area (Å²) in [5, 5.41) is 4.28. The standard InChI is InChI=1S/C14H20ClNO/c1-11-5-6-12(14(15)8-11)9-17-10-13-4-2-3-7-16-13/h5-6,8,13,16H,2-4,7,9-10H2,1H3. The molecule has 1 atom stereocenters. The Labute approximate surface area is 108 Å². The topological polar surface area (TPSA) is 21.3 Å². The molecule has 17 heavy (non-hydrogen) atoms. The fourth-order valence-corrected chi connectivity index (χ4v) is 2.44. The molecule has 3 heteroatoms. The lowest BCUT2D eigenvalue weighted by Gasteiger charge is -2.23. The van der Waals surface area contributed by atoms with E-state index in [1.807, 2.05) is 19.1 Å². The van der Waals surface area contributed by atoms with Crippen molar-refractivity contribution in [2.75, 3.05) is 13.2 Å². The summed E-state index contributed by atoms with van der Waals surface area (Å²) in [6.07, 6.45) is 3.83. The lowest BCUT2D eigenvalue weighted by atomic mass is 10.1. The van der Waals surface area contributed by atoms with Crippen LogP contribution in [-0.4, -0.2) is 19.2 Å². The third kappa shape index (κ3) is 3.98. The average Bonchev–Trinajstić information content (AvgIpc) is 2.33. The summed E-state index contributed by atoms with van der Waals surface area (Å²) in [6.45, 7) is 4.56. The third-order valence-corrected chi connectivity index (χ3v) is 3.55. The molecule has 2 rings (SSSR count). The van der Waals surface area contributed by atoms with E-state index in [9.17, 15) is 0 Å². The van der Waals surface area contributed by atoms with E-state index in [0.717, 1.165) is 23.7 Å². The van der Waals surface area contributed by atoms with Crippen molar-refractivity contribution in [3.05, 3.63) is 34.3 Å². The van der Waals surface area contributed by atoms with E-state index in [1.165, 1.54) is 24.8 Å². The van der Waals surface area contributed by atoms with Gasteiger partial charge in [-0.15, -0.1) is 0 Å². The van der Waals surface area contributed by atoms with Gasteiger partial charge in [-0.25, -0.2) is 0 Å². The van der Waals surface area contributed by atoms with E-state index >= 15 is 0 Å². The SMILES string of the molecule is Cc1ccc(COCC2CCCCN2)c(Cl)c1. The molecule has 0 aliphatic carbocycles. The van der Waals surface area contributed by atoms with Gasteiger partial charge in [0.25, 0.3) is 0 Å². The molecule has 1 heterocycles. The minimum Gasteiger partial charge on any atom is -0.375 e. The molecule has 1 unspecified atom stereocenters. The maximum atomic E-state index is 6.16. The molecular weight excluding hydrogens is 234 g/mol. The van der Waals surface area contributed by atoms with Gasteiger partial charge in [0, 0.05) is 11.1 Å². The molecule has 0 aromatic heterocycles. The van der Waals surface area contributed by atoms with E-state index in [2.05, 4.69) is 11.4 Å². The predicted molar refractivity (Wildman–Crippen MR) is 71.5 cm³/mol. The van der Waals surface area contributed by atoms with Crippen LogP contribution < -0.4 is 5.32 Å². The second kappa shape index (κ2) is 6.39. The summed E-state index contributed by atoms with van der Waals surface area (Å²) in [4.78, 5) is 0. The van der Waals surface area contributed by atoms with Crippen LogP contribution in [0.15, 0.2) is 18.2 Å². The first-order valence-electron chi connectivity index (χ1n) is 6.32. The lowest BCUT2D eigenvalue weighted by Crippen LogP contribution is -2.37. The molecule has 0 saturated carbocycles. The molecule has 1 saturated heterocycles. The number of hydrogen-bond acceptors (Lipinski definition) is 2. The molecule has 1 aromatic carbocycles. The van der Waals surface area contributed by atoms with Crippen molar-refractivity contribution in [1.82, 2.24) is 5.32 Å². The zero-order chi connectivity index (χ0) is 12.1. The van der Waals surface area contributed by atoms with Gasteiger partial charge in [0.2, 0.25) is 0 Å². The Morgan fingerprint density at radius 2 is 2.29 bits per heavy atom. The fourth-order valence-electron chi connectivity index (χ4n) is 2.15. The van der Waals surface area contributed by atoms with Crippen LogP contribution in [0.3, 0.4) is 0 Å². The van der Waals surface area contributed by atoms with E-state index in [0.29, 0.717) is 12.6 Å². The van der Waals surface area contributed by atoms with Crippen LogP contribution >= 0.6 is 11.6 Å². The number of hydrogen-bond donors (Lipinski definition) is 1. The van der Waals surface area contributed by atoms with Gasteiger partial charge in [-0.2, -0.15) is 0 Å². The first-order valence-corrected chi connectivity index (χ1v) is 6.69. The van der Waals surface area contributed by atoms with Crippen molar-refractivity contribution < 1.29 is 4.74 Å². The molecule has 0 amide bonds. The van der Waals surface area contributed by atoms with E-state index in [4.69, 9.17) is 16.3 Å². The van der Waals surface area contributed by atoms with Gasteiger partial charge in [-0.3, -0.25) is 0 Å². The van der Waals surface area contributed by atoms with Crippen LogP contribution in [0.25, 0.3) is 0 Å². The molecule has 1 aromatic rings. The minimum atomic E-state index is 0.521. The largest absolute Gasteiger partial charge is 0.375 e. The Morgan fingerprint density at radius 1 is 1.41 bits per heavy atom. The Morgan fingerprint density at radius 3 is 3.00 bits per heavy atom. The zero-order valence-corrected chi connectivity index (χ0v) is 11.1. The monoisotopic (exact) mass is 253 g/mol. The van der Waals surface area contributed by atoms with Crippen molar-refractivity contribution in [2.24, 2.45) is 0 Å². The molecular formula is C14H20ClNO. The molecule has 2 nitrogen and oxygen atoms in total. The zero-order valence-electron chi connectivity index (χ0n) is 10.3. The van der Waals surface area contributed by atoms with Gasteiger partial charge < -0.3 is 10.1 Å². The minimum absolute atomic E-state index is 0.521. The van der Waals surface area contributed by atoms with Crippen molar-refractivity contribution in [1.29, 1.82) is 0 Å². The number of ether oxygens (including phenoxy) is 1. The highest BCUT2D eigenvalue weighted by Gasteiger charge is 2.12. The number of rotatable bonds is 4. The Kier molecular flexibility index (Phi) is 4.84. The quantitative estimate of drug-likeness (QED) is 0.889. The van der Waals surface area contributed by atoms with Crippen molar-refractivity contribution in [3.63, 3.8) is 0 Å². The van der Waals surface area contributed by atoms with Gasteiger partial charge >= 0.3 is 0 Å². The summed E-state index contributed by atoms with van der Waals surface area (Å²) in [5.41, 5.74) is 2.26. The highest BCUT2D eigenvalue weighted by Crippen LogP contribution is 2.18. The Hall–Kier alpha value is -0.570. The Bertz CT molecular complexity index is 361. The van der Waals surface area contributed by atoms with E-state index in [1.54, 1.807) is 0 Å². The second-order valence-corrected chi connectivity index (χ2v) is 5.16. The van der Waals surface area contributed by atoms with Crippen molar-refractivity contribution in [3.8, 4) is 0 Å². The predicted octanol–water partition coefficient (Wildman–Crippen LogP) is 3.31. The normalized spacial score (nSPS) is 20.5. The van der Waals surface area contributed by atoms with Crippen LogP contribution in [0.5, 0.6) is 0 Å². The Balaban J connectivity index is 1.77. The highest BCUT2D eigenvalue weighted by molar-refractivity contribution is 6.31. The molecule has 0 radical (unpaired) electrons. The number of halogens is 1.